The summed E-state index contributed by atoms with van der Waals surface area (Å²) in [5.41, 5.74) is -0.00952. The summed E-state index contributed by atoms with van der Waals surface area (Å²) >= 11 is 1.02. The number of hydrogen-bond acceptors (Lipinski definition) is 8. The monoisotopic (exact) mass is 621 g/mol. The number of carbonyl (C=O) groups is 3. The molecule has 0 spiro atoms. The van der Waals surface area contributed by atoms with Crippen LogP contribution in [-0.2, 0) is 21.6 Å². The normalized spacial score (nSPS) is 14.4. The lowest BCUT2D eigenvalue weighted by Gasteiger charge is -2.27. The molecule has 3 heterocycles. The van der Waals surface area contributed by atoms with E-state index in [0.29, 0.717) is 34.6 Å². The molecule has 2 aromatic carbocycles. The van der Waals surface area contributed by atoms with Crippen molar-refractivity contribution in [3.05, 3.63) is 82.0 Å². The van der Waals surface area contributed by atoms with E-state index in [4.69, 9.17) is 9.47 Å². The van der Waals surface area contributed by atoms with Crippen molar-refractivity contribution in [2.45, 2.75) is 52.3 Å². The fraction of sp³-hybridized carbons (Fsp3) is 0.375. The minimum atomic E-state index is -1.03. The number of carbonyl (C=O) groups excluding carboxylic acids is 3. The first-order chi connectivity index (χ1) is 20.8. The molecule has 1 saturated heterocycles. The number of benzene rings is 2. The fourth-order valence-corrected chi connectivity index (χ4v) is 5.88. The Balaban J connectivity index is 1.40. The van der Waals surface area contributed by atoms with Crippen molar-refractivity contribution in [2.75, 3.05) is 31.6 Å². The largest absolute Gasteiger partial charge is 0.442 e. The van der Waals surface area contributed by atoms with Gasteiger partial charge in [-0.3, -0.25) is 14.5 Å². The molecular formula is C32H36FN5O5S. The smallest absolute Gasteiger partial charge is 0.436 e. The van der Waals surface area contributed by atoms with Crippen LogP contribution in [0.5, 0.6) is 0 Å². The second kappa shape index (κ2) is 12.5. The van der Waals surface area contributed by atoms with Gasteiger partial charge in [-0.25, -0.2) is 9.18 Å². The van der Waals surface area contributed by atoms with E-state index < -0.39 is 34.9 Å². The summed E-state index contributed by atoms with van der Waals surface area (Å²) in [7, 11) is 0. The quantitative estimate of drug-likeness (QED) is 0.269. The highest BCUT2D eigenvalue weighted by molar-refractivity contribution is 7.20. The number of anilines is 1. The van der Waals surface area contributed by atoms with E-state index in [2.05, 4.69) is 20.6 Å². The second-order valence-electron chi connectivity index (χ2n) is 12.2. The van der Waals surface area contributed by atoms with Gasteiger partial charge in [0.1, 0.15) is 16.2 Å². The lowest BCUT2D eigenvalue weighted by atomic mass is 9.93. The zero-order valence-electron chi connectivity index (χ0n) is 25.4. The summed E-state index contributed by atoms with van der Waals surface area (Å²) < 4.78 is 26.5. The molecule has 1 aliphatic rings. The number of amides is 2. The van der Waals surface area contributed by atoms with Crippen LogP contribution in [0.15, 0.2) is 54.6 Å². The van der Waals surface area contributed by atoms with Gasteiger partial charge >= 0.3 is 6.09 Å². The maximum Gasteiger partial charge on any atom is 0.436 e. The Morgan fingerprint density at radius 1 is 1.00 bits per heavy atom. The molecular weight excluding hydrogens is 585 g/mol. The minimum absolute atomic E-state index is 0.108. The van der Waals surface area contributed by atoms with Gasteiger partial charge in [-0.2, -0.15) is 4.68 Å². The number of nitrogens with zero attached hydrogens (tertiary/aromatic N) is 3. The minimum Gasteiger partial charge on any atom is -0.442 e. The molecule has 10 nitrogen and oxygen atoms in total. The molecule has 0 aliphatic carbocycles. The molecule has 5 rings (SSSR count). The fourth-order valence-electron chi connectivity index (χ4n) is 4.88. The Kier molecular flexibility index (Phi) is 8.87. The van der Waals surface area contributed by atoms with E-state index in [-0.39, 0.29) is 10.7 Å². The Morgan fingerprint density at radius 3 is 2.34 bits per heavy atom. The van der Waals surface area contributed by atoms with Crippen molar-refractivity contribution in [3.8, 4) is 0 Å². The number of hydrogen-bond donors (Lipinski definition) is 2. The summed E-state index contributed by atoms with van der Waals surface area (Å²) in [5.74, 6) is -1.22. The number of halogens is 1. The highest BCUT2D eigenvalue weighted by atomic mass is 32.1. The van der Waals surface area contributed by atoms with E-state index in [1.165, 1.54) is 6.07 Å². The second-order valence-corrected chi connectivity index (χ2v) is 13.2. The summed E-state index contributed by atoms with van der Waals surface area (Å²) in [6, 6.07) is 15.1. The molecule has 1 aliphatic heterocycles. The number of nitrogens with one attached hydrogen (secondary N) is 2. The molecule has 44 heavy (non-hydrogen) atoms. The maximum absolute atomic E-state index is 14.5. The van der Waals surface area contributed by atoms with Crippen LogP contribution in [0.1, 0.15) is 65.8 Å². The lowest BCUT2D eigenvalue weighted by molar-refractivity contribution is 0.0342. The van der Waals surface area contributed by atoms with Crippen LogP contribution in [0.3, 0.4) is 0 Å². The van der Waals surface area contributed by atoms with Gasteiger partial charge in [0.05, 0.1) is 29.0 Å². The number of aromatic nitrogens is 2. The van der Waals surface area contributed by atoms with Crippen LogP contribution in [0, 0.1) is 5.82 Å². The molecule has 0 unspecified atom stereocenters. The van der Waals surface area contributed by atoms with Crippen LogP contribution in [-0.4, -0.2) is 64.5 Å². The van der Waals surface area contributed by atoms with Crippen LogP contribution < -0.4 is 10.6 Å². The third-order valence-corrected chi connectivity index (χ3v) is 8.19. The van der Waals surface area contributed by atoms with E-state index >= 15 is 0 Å². The third-order valence-electron chi connectivity index (χ3n) is 7.08. The van der Waals surface area contributed by atoms with Gasteiger partial charge in [-0.05, 0) is 64.4 Å². The first-order valence-corrected chi connectivity index (χ1v) is 15.2. The molecule has 232 valence electrons. The average molecular weight is 622 g/mol. The van der Waals surface area contributed by atoms with E-state index in [1.54, 1.807) is 71.0 Å². The summed E-state index contributed by atoms with van der Waals surface area (Å²) in [6.07, 6.45) is -0.754. The third kappa shape index (κ3) is 7.15. The molecule has 2 amide bonds. The molecule has 0 bridgehead atoms. The van der Waals surface area contributed by atoms with Crippen LogP contribution in [0.4, 0.5) is 15.0 Å². The Labute approximate surface area is 259 Å². The van der Waals surface area contributed by atoms with Crippen molar-refractivity contribution < 1.29 is 28.2 Å². The van der Waals surface area contributed by atoms with Crippen molar-refractivity contribution >= 4 is 45.3 Å². The number of ether oxygens (including phenoxy) is 2. The van der Waals surface area contributed by atoms with Gasteiger partial charge in [0, 0.05) is 30.8 Å². The first kappa shape index (κ1) is 31.3. The van der Waals surface area contributed by atoms with Crippen molar-refractivity contribution in [1.29, 1.82) is 0 Å². The molecule has 2 N–H and O–H groups in total. The first-order valence-electron chi connectivity index (χ1n) is 14.3. The maximum atomic E-state index is 14.5. The molecule has 1 fully saturated rings. The Hall–Kier alpha value is -4.13. The van der Waals surface area contributed by atoms with E-state index in [1.807, 2.05) is 12.1 Å². The van der Waals surface area contributed by atoms with Crippen molar-refractivity contribution in [1.82, 2.24) is 20.0 Å². The van der Waals surface area contributed by atoms with Crippen LogP contribution in [0.25, 0.3) is 10.2 Å². The molecule has 0 radical (unpaired) electrons. The van der Waals surface area contributed by atoms with Crippen molar-refractivity contribution in [3.63, 3.8) is 0 Å². The van der Waals surface area contributed by atoms with Crippen molar-refractivity contribution in [2.24, 2.45) is 0 Å². The number of thiophene rings is 1. The van der Waals surface area contributed by atoms with Gasteiger partial charge in [0.25, 0.3) is 11.8 Å². The number of morpholine rings is 1. The van der Waals surface area contributed by atoms with Gasteiger partial charge in [-0.15, -0.1) is 16.4 Å². The molecule has 12 heteroatoms. The highest BCUT2D eigenvalue weighted by Gasteiger charge is 2.30. The molecule has 2 aromatic heterocycles. The van der Waals surface area contributed by atoms with Crippen LogP contribution in [0.2, 0.25) is 0 Å². The van der Waals surface area contributed by atoms with E-state index in [0.717, 1.165) is 41.2 Å². The summed E-state index contributed by atoms with van der Waals surface area (Å²) in [6.45, 7) is 12.5. The van der Waals surface area contributed by atoms with E-state index in [9.17, 15) is 18.8 Å². The Morgan fingerprint density at radius 2 is 1.68 bits per heavy atom. The molecule has 0 atom stereocenters. The van der Waals surface area contributed by atoms with Gasteiger partial charge in [0.15, 0.2) is 5.82 Å². The molecule has 0 saturated carbocycles. The van der Waals surface area contributed by atoms with Gasteiger partial charge in [-0.1, -0.05) is 30.3 Å². The Bertz CT molecular complexity index is 1680. The zero-order chi connectivity index (χ0) is 31.6. The van der Waals surface area contributed by atoms with Gasteiger partial charge in [0.2, 0.25) is 0 Å². The summed E-state index contributed by atoms with van der Waals surface area (Å²) in [4.78, 5) is 42.6. The highest BCUT2D eigenvalue weighted by Crippen LogP contribution is 2.33. The van der Waals surface area contributed by atoms with Gasteiger partial charge < -0.3 is 20.1 Å². The predicted octanol–water partition coefficient (Wildman–Crippen LogP) is 5.77. The topological polar surface area (TPSA) is 115 Å². The zero-order valence-corrected chi connectivity index (χ0v) is 26.2. The summed E-state index contributed by atoms with van der Waals surface area (Å²) in [5, 5.41) is 10.4. The number of rotatable bonds is 7. The van der Waals surface area contributed by atoms with Crippen LogP contribution >= 0.6 is 11.3 Å². The molecule has 4 aromatic rings. The average Bonchev–Trinajstić information content (AvgIpc) is 3.54. The lowest BCUT2D eigenvalue weighted by Crippen LogP contribution is -2.41. The number of fused-ring (bicyclic) bond motifs is 1. The SMILES string of the molecule is CC(C)(C)OC(=O)n1nc(NC(=O)c2ccc(CN3CCOCC3)cc2)c2cc(C(=O)NC(C)(C)c3ccccc3F)sc21. The predicted molar refractivity (Wildman–Crippen MR) is 167 cm³/mol. The standard InChI is InChI=1S/C32H36FN5O5S/c1-31(2,3)43-30(41)38-29-22(18-25(44-29)28(40)35-32(4,5)23-8-6-7-9-24(23)33)26(36-38)34-27(39)21-12-10-20(11-13-21)19-37-14-16-42-17-15-37/h6-13,18H,14-17,19H2,1-5H3,(H,35,40)(H,34,36,39).